The molecule has 0 aliphatic carbocycles. The van der Waals surface area contributed by atoms with E-state index in [1.54, 1.807) is 6.07 Å². The van der Waals surface area contributed by atoms with Gasteiger partial charge in [0.25, 0.3) is 17.5 Å². The highest BCUT2D eigenvalue weighted by molar-refractivity contribution is 8.00. The van der Waals surface area contributed by atoms with Gasteiger partial charge in [-0.3, -0.25) is 24.5 Å². The maximum absolute atomic E-state index is 12.9. The maximum atomic E-state index is 12.9. The number of fused-ring (bicyclic) bond motifs is 1. The molecule has 38 heavy (non-hydrogen) atoms. The van der Waals surface area contributed by atoms with Gasteiger partial charge in [-0.2, -0.15) is 0 Å². The second kappa shape index (κ2) is 11.5. The number of amides is 3. The van der Waals surface area contributed by atoms with Crippen LogP contribution in [0, 0.1) is 10.1 Å². The number of benzene rings is 1. The van der Waals surface area contributed by atoms with Gasteiger partial charge in [0.2, 0.25) is 6.41 Å². The highest BCUT2D eigenvalue weighted by Gasteiger charge is 2.50. The van der Waals surface area contributed by atoms with Gasteiger partial charge in [0.05, 0.1) is 10.5 Å². The molecule has 3 amide bonds. The highest BCUT2D eigenvalue weighted by Crippen LogP contribution is 2.36. The number of esters is 1. The number of oxime groups is 1. The number of nitrogens with one attached hydrogen (secondary N) is 2. The fourth-order valence-corrected chi connectivity index (χ4v) is 4.84. The number of hydrogen-bond donors (Lipinski definition) is 2. The zero-order valence-electron chi connectivity index (χ0n) is 19.7. The van der Waals surface area contributed by atoms with Crippen LogP contribution in [0.2, 0.25) is 0 Å². The molecule has 3 heterocycles. The zero-order chi connectivity index (χ0) is 27.2. The van der Waals surface area contributed by atoms with Crippen LogP contribution in [0.25, 0.3) is 0 Å². The standard InChI is InChI=1S/C23H20N6O8S/c1-36-27-18(16-3-2-4-17(25-16)24-12-30)20(31)26-19-21(32)28-9-14(11-38-22(19)28)23(33)37-10-13-5-7-15(8-6-13)29(34)35/h2-9,12,19,22H,10-11H2,1H3,(H,26,31)(H,24,25,30)/t19?,22-/m1/s1. The minimum Gasteiger partial charge on any atom is -0.457 e. The number of pyridine rings is 1. The van der Waals surface area contributed by atoms with E-state index in [9.17, 15) is 29.3 Å². The Morgan fingerprint density at radius 1 is 1.29 bits per heavy atom. The number of non-ortho nitro benzene ring substituents is 1. The number of aromatic nitrogens is 1. The maximum Gasteiger partial charge on any atom is 0.336 e. The lowest BCUT2D eigenvalue weighted by molar-refractivity contribution is -0.384. The van der Waals surface area contributed by atoms with Crippen LogP contribution in [0.3, 0.4) is 0 Å². The van der Waals surface area contributed by atoms with Crippen molar-refractivity contribution in [3.05, 3.63) is 75.6 Å². The van der Waals surface area contributed by atoms with Gasteiger partial charge in [0, 0.05) is 24.1 Å². The predicted octanol–water partition coefficient (Wildman–Crippen LogP) is 0.936. The van der Waals surface area contributed by atoms with Crippen molar-refractivity contribution < 1.29 is 33.7 Å². The monoisotopic (exact) mass is 540 g/mol. The third kappa shape index (κ3) is 5.62. The molecule has 1 aromatic heterocycles. The summed E-state index contributed by atoms with van der Waals surface area (Å²) in [5.41, 5.74) is 0.686. The number of β-lactam (4-membered cyclic amide) rings is 1. The number of anilines is 1. The van der Waals surface area contributed by atoms with Crippen LogP contribution in [0.15, 0.2) is 59.4 Å². The highest BCUT2D eigenvalue weighted by atomic mass is 32.2. The van der Waals surface area contributed by atoms with E-state index in [0.717, 1.165) is 0 Å². The first kappa shape index (κ1) is 26.3. The lowest BCUT2D eigenvalue weighted by atomic mass is 10.1. The molecule has 1 fully saturated rings. The third-order valence-electron chi connectivity index (χ3n) is 5.45. The second-order valence-corrected chi connectivity index (χ2v) is 8.95. The van der Waals surface area contributed by atoms with Crippen molar-refractivity contribution in [2.24, 2.45) is 5.16 Å². The van der Waals surface area contributed by atoms with Crippen LogP contribution < -0.4 is 10.6 Å². The molecule has 1 aromatic carbocycles. The van der Waals surface area contributed by atoms with Crippen LogP contribution in [0.5, 0.6) is 0 Å². The molecule has 196 valence electrons. The molecule has 2 aliphatic heterocycles. The smallest absolute Gasteiger partial charge is 0.336 e. The number of nitrogens with zero attached hydrogens (tertiary/aromatic N) is 4. The minimum atomic E-state index is -0.875. The molecule has 1 unspecified atom stereocenters. The van der Waals surface area contributed by atoms with E-state index in [-0.39, 0.29) is 40.8 Å². The Kier molecular flexibility index (Phi) is 7.96. The Hall–Kier alpha value is -4.79. The molecule has 14 nitrogen and oxygen atoms in total. The Bertz CT molecular complexity index is 1350. The van der Waals surface area contributed by atoms with Crippen molar-refractivity contribution in [2.75, 3.05) is 18.2 Å². The second-order valence-electron chi connectivity index (χ2n) is 7.84. The molecule has 2 aromatic rings. The number of thioether (sulfide) groups is 1. The number of nitro benzene ring substituents is 1. The summed E-state index contributed by atoms with van der Waals surface area (Å²) < 4.78 is 5.27. The molecule has 2 aliphatic rings. The molecule has 0 bridgehead atoms. The van der Waals surface area contributed by atoms with Crippen LogP contribution in [0.1, 0.15) is 11.3 Å². The van der Waals surface area contributed by atoms with Crippen molar-refractivity contribution in [1.82, 2.24) is 15.2 Å². The van der Waals surface area contributed by atoms with Crippen molar-refractivity contribution in [2.45, 2.75) is 18.0 Å². The first-order chi connectivity index (χ1) is 18.3. The number of hydrogen-bond acceptors (Lipinski definition) is 11. The molecule has 0 spiro atoms. The van der Waals surface area contributed by atoms with E-state index in [2.05, 4.69) is 20.8 Å². The Balaban J connectivity index is 1.36. The van der Waals surface area contributed by atoms with Crippen molar-refractivity contribution in [1.29, 1.82) is 0 Å². The summed E-state index contributed by atoms with van der Waals surface area (Å²) in [6.07, 6.45) is 1.83. The quantitative estimate of drug-likeness (QED) is 0.110. The van der Waals surface area contributed by atoms with Crippen molar-refractivity contribution in [3.8, 4) is 0 Å². The van der Waals surface area contributed by atoms with Crippen molar-refractivity contribution in [3.63, 3.8) is 0 Å². The Morgan fingerprint density at radius 2 is 2.05 bits per heavy atom. The van der Waals surface area contributed by atoms with Crippen LogP contribution in [-0.4, -0.2) is 69.0 Å². The Labute approximate surface area is 219 Å². The van der Waals surface area contributed by atoms with Crippen molar-refractivity contribution >= 4 is 53.2 Å². The third-order valence-corrected chi connectivity index (χ3v) is 6.76. The molecule has 0 saturated carbocycles. The fraction of sp³-hybridized carbons (Fsp3) is 0.217. The minimum absolute atomic E-state index is 0.0734. The summed E-state index contributed by atoms with van der Waals surface area (Å²) in [5.74, 6) is -1.34. The van der Waals surface area contributed by atoms with Gasteiger partial charge in [-0.05, 0) is 29.8 Å². The molecular formula is C23H20N6O8S. The van der Waals surface area contributed by atoms with Crippen LogP contribution in [-0.2, 0) is 35.4 Å². The first-order valence-electron chi connectivity index (χ1n) is 11.0. The number of ether oxygens (including phenoxy) is 1. The molecule has 4 rings (SSSR count). The largest absolute Gasteiger partial charge is 0.457 e. The summed E-state index contributed by atoms with van der Waals surface area (Å²) in [5, 5.41) is 19.0. The topological polar surface area (TPSA) is 182 Å². The molecule has 2 N–H and O–H groups in total. The lowest BCUT2D eigenvalue weighted by Gasteiger charge is -2.47. The molecule has 15 heteroatoms. The predicted molar refractivity (Wildman–Crippen MR) is 133 cm³/mol. The average Bonchev–Trinajstić information content (AvgIpc) is 2.93. The van der Waals surface area contributed by atoms with E-state index in [1.807, 2.05) is 0 Å². The molecular weight excluding hydrogens is 520 g/mol. The number of rotatable bonds is 10. The number of nitro groups is 1. The van der Waals surface area contributed by atoms with Gasteiger partial charge in [0.1, 0.15) is 36.6 Å². The molecule has 2 atom stereocenters. The molecule has 0 radical (unpaired) electrons. The van der Waals surface area contributed by atoms with E-state index < -0.39 is 34.1 Å². The van der Waals surface area contributed by atoms with Gasteiger partial charge in [-0.25, -0.2) is 9.78 Å². The number of carbonyl (C=O) groups excluding carboxylic acids is 4. The normalized spacial score (nSPS) is 18.3. The van der Waals surface area contributed by atoms with Gasteiger partial charge in [-0.1, -0.05) is 11.2 Å². The van der Waals surface area contributed by atoms with E-state index >= 15 is 0 Å². The average molecular weight is 541 g/mol. The summed E-state index contributed by atoms with van der Waals surface area (Å²) in [6.45, 7) is -0.0892. The zero-order valence-corrected chi connectivity index (χ0v) is 20.5. The van der Waals surface area contributed by atoms with Gasteiger partial charge in [0.15, 0.2) is 5.71 Å². The van der Waals surface area contributed by atoms with E-state index in [4.69, 9.17) is 9.57 Å². The Morgan fingerprint density at radius 3 is 2.74 bits per heavy atom. The van der Waals surface area contributed by atoms with Crippen LogP contribution >= 0.6 is 11.8 Å². The summed E-state index contributed by atoms with van der Waals surface area (Å²) >= 11 is 1.27. The SMILES string of the molecule is CON=C(C(=O)NC1C(=O)N2C=C(C(=O)OCc3ccc([N+](=O)[O-])cc3)CS[C@H]12)c1cccc(NC=O)n1. The summed E-state index contributed by atoms with van der Waals surface area (Å²) in [7, 11) is 1.25. The number of carbonyl (C=O) groups is 4. The van der Waals surface area contributed by atoms with Gasteiger partial charge >= 0.3 is 5.97 Å². The van der Waals surface area contributed by atoms with Gasteiger partial charge < -0.3 is 25.1 Å². The summed E-state index contributed by atoms with van der Waals surface area (Å²) in [6, 6.07) is 9.31. The van der Waals surface area contributed by atoms with E-state index in [0.29, 0.717) is 12.0 Å². The first-order valence-corrected chi connectivity index (χ1v) is 12.0. The fourth-order valence-electron chi connectivity index (χ4n) is 3.59. The van der Waals surface area contributed by atoms with Crippen LogP contribution in [0.4, 0.5) is 11.5 Å². The van der Waals surface area contributed by atoms with E-state index in [1.165, 1.54) is 66.4 Å². The summed E-state index contributed by atoms with van der Waals surface area (Å²) in [4.78, 5) is 69.3. The lowest BCUT2D eigenvalue weighted by Crippen LogP contribution is -2.69. The van der Waals surface area contributed by atoms with Gasteiger partial charge in [-0.15, -0.1) is 11.8 Å². The molecule has 1 saturated heterocycles.